The molecule has 9 heteroatoms. The van der Waals surface area contributed by atoms with Gasteiger partial charge in [-0.3, -0.25) is 4.57 Å². The zero-order chi connectivity index (χ0) is 24.4. The summed E-state index contributed by atoms with van der Waals surface area (Å²) in [5.41, 5.74) is 2.38. The van der Waals surface area contributed by atoms with Crippen molar-refractivity contribution in [2.75, 3.05) is 7.11 Å². The van der Waals surface area contributed by atoms with E-state index < -0.39 is 5.63 Å². The molecule has 0 spiro atoms. The Morgan fingerprint density at radius 1 is 1.09 bits per heavy atom. The van der Waals surface area contributed by atoms with Crippen LogP contribution in [0.1, 0.15) is 23.8 Å². The van der Waals surface area contributed by atoms with Crippen LogP contribution < -0.4 is 10.4 Å². The zero-order valence-electron chi connectivity index (χ0n) is 19.2. The largest absolute Gasteiger partial charge is 0.508 e. The second kappa shape index (κ2) is 9.71. The molecule has 2 aromatic carbocycles. The minimum atomic E-state index is -0.465. The number of aromatic nitrogens is 3. The van der Waals surface area contributed by atoms with Crippen LogP contribution in [0.3, 0.4) is 0 Å². The van der Waals surface area contributed by atoms with Gasteiger partial charge in [-0.05, 0) is 60.0 Å². The van der Waals surface area contributed by atoms with Crippen molar-refractivity contribution in [1.82, 2.24) is 14.8 Å². The number of hydrogen-bond acceptors (Lipinski definition) is 8. The Morgan fingerprint density at radius 3 is 2.63 bits per heavy atom. The number of rotatable bonds is 8. The van der Waals surface area contributed by atoms with Crippen molar-refractivity contribution >= 4 is 22.7 Å². The quantitative estimate of drug-likeness (QED) is 0.232. The van der Waals surface area contributed by atoms with Crippen LogP contribution in [0.2, 0.25) is 0 Å². The average molecular weight is 490 g/mol. The van der Waals surface area contributed by atoms with Gasteiger partial charge in [-0.25, -0.2) is 4.79 Å². The number of phenols is 1. The summed E-state index contributed by atoms with van der Waals surface area (Å²) in [4.78, 5) is 12.2. The Morgan fingerprint density at radius 2 is 1.91 bits per heavy atom. The standard InChI is InChI=1S/C26H23N3O5S/c1-3-16-11-21-18(12-24(31)34-23(21)13-22(16)30)15-35-26-28-27-25(17-6-8-19(32-2)9-7-17)29(26)14-20-5-4-10-33-20/h4-13,30H,3,14-15H2,1-2H3. The second-order valence-corrected chi connectivity index (χ2v) is 8.85. The molecule has 5 aromatic rings. The molecule has 3 heterocycles. The van der Waals surface area contributed by atoms with Gasteiger partial charge in [-0.1, -0.05) is 18.7 Å². The number of thioether (sulfide) groups is 1. The first-order valence-corrected chi connectivity index (χ1v) is 12.1. The van der Waals surface area contributed by atoms with Gasteiger partial charge in [0.1, 0.15) is 22.8 Å². The normalized spacial score (nSPS) is 11.3. The maximum atomic E-state index is 12.2. The van der Waals surface area contributed by atoms with Gasteiger partial charge in [0.2, 0.25) is 0 Å². The highest BCUT2D eigenvalue weighted by atomic mass is 32.2. The van der Waals surface area contributed by atoms with Crippen LogP contribution in [0.4, 0.5) is 0 Å². The van der Waals surface area contributed by atoms with Gasteiger partial charge in [0.15, 0.2) is 11.0 Å². The molecule has 178 valence electrons. The monoisotopic (exact) mass is 489 g/mol. The van der Waals surface area contributed by atoms with E-state index in [1.807, 2.05) is 54.0 Å². The number of ether oxygens (including phenoxy) is 1. The lowest BCUT2D eigenvalue weighted by molar-refractivity contribution is 0.415. The zero-order valence-corrected chi connectivity index (χ0v) is 20.0. The second-order valence-electron chi connectivity index (χ2n) is 7.91. The van der Waals surface area contributed by atoms with Crippen molar-refractivity contribution in [3.63, 3.8) is 0 Å². The van der Waals surface area contributed by atoms with Crippen LogP contribution in [-0.2, 0) is 18.7 Å². The van der Waals surface area contributed by atoms with E-state index in [0.29, 0.717) is 35.3 Å². The van der Waals surface area contributed by atoms with Crippen LogP contribution in [0.25, 0.3) is 22.4 Å². The van der Waals surface area contributed by atoms with Crippen molar-refractivity contribution < 1.29 is 18.7 Å². The highest BCUT2D eigenvalue weighted by Gasteiger charge is 2.18. The molecule has 0 saturated carbocycles. The van der Waals surface area contributed by atoms with Crippen molar-refractivity contribution in [2.45, 2.75) is 30.8 Å². The van der Waals surface area contributed by atoms with Gasteiger partial charge in [-0.15, -0.1) is 10.2 Å². The van der Waals surface area contributed by atoms with Crippen LogP contribution in [0.5, 0.6) is 11.5 Å². The van der Waals surface area contributed by atoms with Gasteiger partial charge >= 0.3 is 5.63 Å². The topological polar surface area (TPSA) is 104 Å². The predicted octanol–water partition coefficient (Wildman–Crippen LogP) is 5.26. The molecule has 0 amide bonds. The number of furan rings is 1. The van der Waals surface area contributed by atoms with Gasteiger partial charge in [0.25, 0.3) is 0 Å². The fraction of sp³-hybridized carbons (Fsp3) is 0.192. The van der Waals surface area contributed by atoms with Crippen molar-refractivity contribution in [3.8, 4) is 22.9 Å². The fourth-order valence-electron chi connectivity index (χ4n) is 3.90. The number of methoxy groups -OCH3 is 1. The average Bonchev–Trinajstić information content (AvgIpc) is 3.52. The van der Waals surface area contributed by atoms with E-state index in [4.69, 9.17) is 13.6 Å². The number of benzene rings is 2. The Kier molecular flexibility index (Phi) is 6.33. The van der Waals surface area contributed by atoms with Gasteiger partial charge in [-0.2, -0.15) is 0 Å². The third kappa shape index (κ3) is 4.67. The summed E-state index contributed by atoms with van der Waals surface area (Å²) in [6.45, 7) is 2.42. The predicted molar refractivity (Wildman–Crippen MR) is 133 cm³/mol. The molecule has 0 aliphatic rings. The molecule has 5 rings (SSSR count). The summed E-state index contributed by atoms with van der Waals surface area (Å²) >= 11 is 1.47. The van der Waals surface area contributed by atoms with E-state index >= 15 is 0 Å². The van der Waals surface area contributed by atoms with Crippen molar-refractivity contribution in [3.05, 3.63) is 88.2 Å². The molecule has 0 atom stereocenters. The fourth-order valence-corrected chi connectivity index (χ4v) is 4.83. The highest BCUT2D eigenvalue weighted by molar-refractivity contribution is 7.98. The Labute approximate surface area is 205 Å². The summed E-state index contributed by atoms with van der Waals surface area (Å²) in [6.07, 6.45) is 2.30. The molecule has 1 N–H and O–H groups in total. The number of hydrogen-bond donors (Lipinski definition) is 1. The number of fused-ring (bicyclic) bond motifs is 1. The Hall–Kier alpha value is -3.98. The maximum absolute atomic E-state index is 12.2. The third-order valence-electron chi connectivity index (χ3n) is 5.73. The number of phenolic OH excluding ortho intramolecular Hbond substituents is 1. The van der Waals surface area contributed by atoms with Crippen molar-refractivity contribution in [1.29, 1.82) is 0 Å². The van der Waals surface area contributed by atoms with Gasteiger partial charge in [0, 0.05) is 28.8 Å². The smallest absolute Gasteiger partial charge is 0.336 e. The molecule has 0 saturated heterocycles. The molecule has 0 aliphatic heterocycles. The first kappa shape index (κ1) is 22.8. The Balaban J connectivity index is 1.51. The SMILES string of the molecule is CCc1cc2c(CSc3nnc(-c4ccc(OC)cc4)n3Cc3ccco3)cc(=O)oc2cc1O. The highest BCUT2D eigenvalue weighted by Crippen LogP contribution is 2.32. The summed E-state index contributed by atoms with van der Waals surface area (Å²) in [6, 6.07) is 16.2. The van der Waals surface area contributed by atoms with Crippen LogP contribution >= 0.6 is 11.8 Å². The number of nitrogens with zero attached hydrogens (tertiary/aromatic N) is 3. The van der Waals surface area contributed by atoms with Crippen LogP contribution in [-0.4, -0.2) is 27.0 Å². The summed E-state index contributed by atoms with van der Waals surface area (Å²) in [5.74, 6) is 2.81. The van der Waals surface area contributed by atoms with E-state index in [9.17, 15) is 9.90 Å². The minimum absolute atomic E-state index is 0.121. The van der Waals surface area contributed by atoms with E-state index in [2.05, 4.69) is 10.2 Å². The molecule has 3 aromatic heterocycles. The van der Waals surface area contributed by atoms with E-state index in [-0.39, 0.29) is 5.75 Å². The van der Waals surface area contributed by atoms with E-state index in [0.717, 1.165) is 33.6 Å². The first-order valence-electron chi connectivity index (χ1n) is 11.1. The van der Waals surface area contributed by atoms with Crippen LogP contribution in [0, 0.1) is 0 Å². The minimum Gasteiger partial charge on any atom is -0.508 e. The molecule has 0 unspecified atom stereocenters. The van der Waals surface area contributed by atoms with Gasteiger partial charge < -0.3 is 18.7 Å². The third-order valence-corrected chi connectivity index (χ3v) is 6.74. The number of aryl methyl sites for hydroxylation is 1. The van der Waals surface area contributed by atoms with Crippen molar-refractivity contribution in [2.24, 2.45) is 0 Å². The lowest BCUT2D eigenvalue weighted by Gasteiger charge is -2.11. The van der Waals surface area contributed by atoms with Crippen LogP contribution in [0.15, 0.2) is 79.6 Å². The molecule has 0 bridgehead atoms. The Bertz CT molecular complexity index is 1520. The first-order chi connectivity index (χ1) is 17.1. The molecular weight excluding hydrogens is 466 g/mol. The molecule has 0 aliphatic carbocycles. The van der Waals surface area contributed by atoms with E-state index in [1.54, 1.807) is 13.4 Å². The molecular formula is C26H23N3O5S. The van der Waals surface area contributed by atoms with Gasteiger partial charge in [0.05, 0.1) is 19.9 Å². The lowest BCUT2D eigenvalue weighted by atomic mass is 10.1. The lowest BCUT2D eigenvalue weighted by Crippen LogP contribution is -2.04. The summed E-state index contributed by atoms with van der Waals surface area (Å²) in [5, 5.41) is 20.6. The molecule has 8 nitrogen and oxygen atoms in total. The molecule has 0 fully saturated rings. The van der Waals surface area contributed by atoms with E-state index in [1.165, 1.54) is 23.9 Å². The molecule has 0 radical (unpaired) electrons. The molecule has 35 heavy (non-hydrogen) atoms. The summed E-state index contributed by atoms with van der Waals surface area (Å²) < 4.78 is 18.2. The summed E-state index contributed by atoms with van der Waals surface area (Å²) in [7, 11) is 1.63. The maximum Gasteiger partial charge on any atom is 0.336 e. The number of aromatic hydroxyl groups is 1.